The number of rotatable bonds is 8. The molecule has 176 valence electrons. The van der Waals surface area contributed by atoms with Crippen LogP contribution in [-0.4, -0.2) is 45.7 Å². The summed E-state index contributed by atoms with van der Waals surface area (Å²) in [7, 11) is 0. The summed E-state index contributed by atoms with van der Waals surface area (Å²) in [6.45, 7) is 8.00. The molecule has 0 radical (unpaired) electrons. The van der Waals surface area contributed by atoms with Gasteiger partial charge < -0.3 is 32.8 Å². The fourth-order valence-electron chi connectivity index (χ4n) is 2.78. The lowest BCUT2D eigenvalue weighted by molar-refractivity contribution is 0.870. The highest BCUT2D eigenvalue weighted by atomic mass is 32.2. The Morgan fingerprint density at radius 1 is 1.06 bits per heavy atom. The van der Waals surface area contributed by atoms with Crippen LogP contribution in [0.5, 0.6) is 0 Å². The van der Waals surface area contributed by atoms with Gasteiger partial charge >= 0.3 is 0 Å². The molecule has 31 heavy (non-hydrogen) atoms. The molecule has 0 aromatic carbocycles. The average molecular weight is 470 g/mol. The second-order valence-corrected chi connectivity index (χ2v) is 8.26. The number of nitrogens with one attached hydrogen (secondary N) is 3. The number of nitrogens with two attached hydrogens (primary N) is 4. The zero-order valence-electron chi connectivity index (χ0n) is 19.5. The van der Waals surface area contributed by atoms with Gasteiger partial charge in [0.15, 0.2) is 5.84 Å². The molecule has 0 saturated heterocycles. The van der Waals surface area contributed by atoms with Crippen LogP contribution in [0.15, 0.2) is 28.4 Å². The summed E-state index contributed by atoms with van der Waals surface area (Å²) in [6, 6.07) is 6.02. The maximum absolute atomic E-state index is 5.68. The van der Waals surface area contributed by atoms with Gasteiger partial charge in [0.2, 0.25) is 0 Å². The average Bonchev–Trinajstić information content (AvgIpc) is 3.38. The number of aromatic amines is 2. The number of amidine groups is 2. The van der Waals surface area contributed by atoms with Crippen molar-refractivity contribution < 1.29 is 0 Å². The van der Waals surface area contributed by atoms with Crippen molar-refractivity contribution in [2.45, 2.75) is 40.0 Å². The Balaban J connectivity index is 0.000000539. The van der Waals surface area contributed by atoms with E-state index in [1.165, 1.54) is 0 Å². The van der Waals surface area contributed by atoms with Crippen LogP contribution in [0.2, 0.25) is 0 Å². The van der Waals surface area contributed by atoms with Crippen LogP contribution in [0.25, 0.3) is 0 Å². The van der Waals surface area contributed by atoms with E-state index in [2.05, 4.69) is 31.9 Å². The normalized spacial score (nSPS) is 12.4. The van der Waals surface area contributed by atoms with Crippen molar-refractivity contribution in [3.63, 3.8) is 0 Å². The maximum atomic E-state index is 5.68. The minimum Gasteiger partial charge on any atom is -0.382 e. The van der Waals surface area contributed by atoms with Crippen molar-refractivity contribution >= 4 is 35.2 Å². The number of hydrogen-bond donors (Lipinski definition) is 7. The summed E-state index contributed by atoms with van der Waals surface area (Å²) in [5.41, 5.74) is 13.5. The molecule has 1 atom stereocenters. The van der Waals surface area contributed by atoms with Gasteiger partial charge in [-0.15, -0.1) is 0 Å². The van der Waals surface area contributed by atoms with E-state index in [4.69, 9.17) is 23.3 Å². The monoisotopic (exact) mass is 469 g/mol. The van der Waals surface area contributed by atoms with Gasteiger partial charge in [0.1, 0.15) is 5.84 Å². The molecule has 11 N–H and O–H groups in total. The third-order valence-electron chi connectivity index (χ3n) is 4.19. The first-order valence-electron chi connectivity index (χ1n) is 10.0. The highest BCUT2D eigenvalue weighted by Crippen LogP contribution is 2.19. The third-order valence-corrected chi connectivity index (χ3v) is 5.46. The fourth-order valence-corrected chi connectivity index (χ4v) is 3.86. The number of hydrazine groups is 1. The lowest BCUT2D eigenvalue weighted by atomic mass is 10.1. The summed E-state index contributed by atoms with van der Waals surface area (Å²) in [5, 5.41) is 7.17. The molecule has 0 aliphatic carbocycles. The Morgan fingerprint density at radius 3 is 2.19 bits per heavy atom. The van der Waals surface area contributed by atoms with E-state index in [1.54, 1.807) is 23.5 Å². The van der Waals surface area contributed by atoms with Crippen LogP contribution in [0.4, 0.5) is 0 Å². The van der Waals surface area contributed by atoms with E-state index >= 15 is 0 Å². The molecule has 9 nitrogen and oxygen atoms in total. The third kappa shape index (κ3) is 9.62. The quantitative estimate of drug-likeness (QED) is 0.134. The largest absolute Gasteiger partial charge is 0.382 e. The number of aryl methyl sites for hydroxylation is 3. The first kappa shape index (κ1) is 28.8. The number of H-pyrrole nitrogens is 2. The van der Waals surface area contributed by atoms with Gasteiger partial charge in [-0.3, -0.25) is 0 Å². The molecular weight excluding hydrogens is 430 g/mol. The van der Waals surface area contributed by atoms with E-state index in [0.717, 1.165) is 46.3 Å². The molecule has 0 saturated carbocycles. The van der Waals surface area contributed by atoms with Crippen LogP contribution < -0.4 is 28.7 Å². The second-order valence-electron chi connectivity index (χ2n) is 6.37. The maximum Gasteiger partial charge on any atom is 0.152 e. The minimum absolute atomic E-state index is 0.0868. The molecule has 2 rings (SSSR count). The summed E-state index contributed by atoms with van der Waals surface area (Å²) in [6.07, 6.45) is 5.07. The summed E-state index contributed by atoms with van der Waals surface area (Å²) in [4.78, 5) is 6.53. The van der Waals surface area contributed by atoms with Gasteiger partial charge in [-0.2, -0.15) is 33.7 Å². The van der Waals surface area contributed by atoms with Gasteiger partial charge in [-0.05, 0) is 56.7 Å². The molecule has 0 aliphatic heterocycles. The van der Waals surface area contributed by atoms with Gasteiger partial charge in [-0.1, -0.05) is 13.8 Å². The molecule has 2 heterocycles. The molecular formula is C20H39N9S2. The van der Waals surface area contributed by atoms with E-state index in [0.29, 0.717) is 11.7 Å². The lowest BCUT2D eigenvalue weighted by Gasteiger charge is -2.15. The van der Waals surface area contributed by atoms with E-state index in [-0.39, 0.29) is 5.92 Å². The summed E-state index contributed by atoms with van der Waals surface area (Å²) >= 11 is 3.52. The Bertz CT molecular complexity index is 796. The smallest absolute Gasteiger partial charge is 0.152 e. The standard InChI is InChI=1S/C9H17N5S.C9H16N4S.C2H6/c1-6-3-4-8(12-6)7(5-15-2)9(13-10)14-11;1-6-5-7(9(10)13-11)8(12-6)3-4-14-2;1-2/h3-4,7,12H,5,10-11H2,1-2H3,(H,13,14);5,12H,3-4,11H2,1-2H3,(H2,10,13);1-2H3. The van der Waals surface area contributed by atoms with Crippen LogP contribution in [-0.2, 0) is 6.42 Å². The van der Waals surface area contributed by atoms with E-state index < -0.39 is 0 Å². The van der Waals surface area contributed by atoms with Crippen molar-refractivity contribution in [1.29, 1.82) is 0 Å². The topological polar surface area (TPSA) is 172 Å². The minimum atomic E-state index is 0.0868. The Morgan fingerprint density at radius 2 is 1.74 bits per heavy atom. The first-order chi connectivity index (χ1) is 14.9. The van der Waals surface area contributed by atoms with Crippen LogP contribution in [0, 0.1) is 13.8 Å². The van der Waals surface area contributed by atoms with Crippen molar-refractivity contribution in [3.8, 4) is 0 Å². The van der Waals surface area contributed by atoms with Gasteiger partial charge in [0.25, 0.3) is 0 Å². The first-order valence-corrected chi connectivity index (χ1v) is 12.8. The number of hydrazone groups is 2. The predicted molar refractivity (Wildman–Crippen MR) is 139 cm³/mol. The molecule has 2 aromatic rings. The van der Waals surface area contributed by atoms with Crippen LogP contribution >= 0.6 is 23.5 Å². The number of nitrogens with zero attached hydrogens (tertiary/aromatic N) is 2. The number of hydrogen-bond acceptors (Lipinski definition) is 7. The van der Waals surface area contributed by atoms with Gasteiger partial charge in [0.05, 0.1) is 5.92 Å². The summed E-state index contributed by atoms with van der Waals surface area (Å²) in [5.74, 6) is 18.8. The number of aromatic nitrogens is 2. The molecule has 0 fully saturated rings. The second kappa shape index (κ2) is 16.5. The molecule has 11 heteroatoms. The van der Waals surface area contributed by atoms with Crippen molar-refractivity contribution in [1.82, 2.24) is 15.4 Å². The fraction of sp³-hybridized carbons (Fsp3) is 0.500. The molecule has 0 aliphatic rings. The van der Waals surface area contributed by atoms with Crippen molar-refractivity contribution in [2.24, 2.45) is 33.5 Å². The molecule has 2 aromatic heterocycles. The van der Waals surface area contributed by atoms with Crippen molar-refractivity contribution in [3.05, 3.63) is 46.5 Å². The molecule has 0 bridgehead atoms. The predicted octanol–water partition coefficient (Wildman–Crippen LogP) is 2.34. The van der Waals surface area contributed by atoms with Gasteiger partial charge in [0, 0.05) is 34.1 Å². The summed E-state index contributed by atoms with van der Waals surface area (Å²) < 4.78 is 0. The zero-order valence-corrected chi connectivity index (χ0v) is 21.1. The Kier molecular flexibility index (Phi) is 15.3. The highest BCUT2D eigenvalue weighted by molar-refractivity contribution is 7.98. The number of thioether (sulfide) groups is 2. The zero-order chi connectivity index (χ0) is 23.8. The van der Waals surface area contributed by atoms with Crippen LogP contribution in [0.3, 0.4) is 0 Å². The SMILES string of the molecule is CC.CSCC(/C(=N/N)NN)c1ccc(C)[nH]1.CSCCc1[nH]c(C)cc1/C(N)=N/N. The van der Waals surface area contributed by atoms with Gasteiger partial charge in [-0.25, -0.2) is 5.84 Å². The molecule has 0 spiro atoms. The Hall–Kier alpha value is -2.24. The van der Waals surface area contributed by atoms with E-state index in [1.807, 2.05) is 52.1 Å². The van der Waals surface area contributed by atoms with Crippen LogP contribution in [0.1, 0.15) is 48.1 Å². The molecule has 0 amide bonds. The Labute approximate surface area is 194 Å². The van der Waals surface area contributed by atoms with Crippen molar-refractivity contribution in [2.75, 3.05) is 24.0 Å². The lowest BCUT2D eigenvalue weighted by Crippen LogP contribution is -2.37. The van der Waals surface area contributed by atoms with E-state index in [9.17, 15) is 0 Å². The highest BCUT2D eigenvalue weighted by Gasteiger charge is 2.18. The molecule has 1 unspecified atom stereocenters.